The maximum Gasteiger partial charge on any atom is 0.307 e. The van der Waals surface area contributed by atoms with E-state index in [9.17, 15) is 9.59 Å². The summed E-state index contributed by atoms with van der Waals surface area (Å²) in [4.78, 5) is 28.7. The number of carbonyl (C=O) groups excluding carboxylic acids is 1. The van der Waals surface area contributed by atoms with E-state index in [1.807, 2.05) is 40.0 Å². The Morgan fingerprint density at radius 3 is 2.60 bits per heavy atom. The van der Waals surface area contributed by atoms with Gasteiger partial charge in [-0.3, -0.25) is 14.5 Å². The molecule has 2 aromatic rings. The van der Waals surface area contributed by atoms with Crippen LogP contribution in [-0.2, 0) is 6.54 Å². The number of ether oxygens (including phenoxy) is 1. The van der Waals surface area contributed by atoms with Crippen LogP contribution in [0.2, 0.25) is 0 Å². The number of amides is 1. The monoisotopic (exact) mass is 361 g/mol. The molecule has 0 N–H and O–H groups in total. The van der Waals surface area contributed by atoms with Crippen molar-refractivity contribution in [3.63, 3.8) is 0 Å². The van der Waals surface area contributed by atoms with Crippen molar-refractivity contribution in [1.82, 2.24) is 14.4 Å². The fraction of sp³-hybridized carbons (Fsp3) is 0.444. The van der Waals surface area contributed by atoms with E-state index in [-0.39, 0.29) is 10.8 Å². The summed E-state index contributed by atoms with van der Waals surface area (Å²) in [5.41, 5.74) is 1.68. The second kappa shape index (κ2) is 7.84. The molecule has 1 aromatic heterocycles. The molecule has 7 heteroatoms. The molecule has 0 unspecified atom stereocenters. The van der Waals surface area contributed by atoms with Crippen molar-refractivity contribution in [3.8, 4) is 5.75 Å². The maximum absolute atomic E-state index is 12.6. The Bertz CT molecular complexity index is 791. The lowest BCUT2D eigenvalue weighted by molar-refractivity contribution is 0.0632. The van der Waals surface area contributed by atoms with Crippen LogP contribution < -0.4 is 9.61 Å². The number of nitrogens with zero attached hydrogens (tertiary/aromatic N) is 3. The minimum absolute atomic E-state index is 0.0449. The summed E-state index contributed by atoms with van der Waals surface area (Å²) >= 11 is 1.25. The lowest BCUT2D eigenvalue weighted by atomic mass is 10.1. The second-order valence-electron chi connectivity index (χ2n) is 6.16. The first-order valence-corrected chi connectivity index (χ1v) is 9.27. The molecule has 1 fully saturated rings. The van der Waals surface area contributed by atoms with Gasteiger partial charge in [0.1, 0.15) is 5.75 Å². The molecule has 1 amide bonds. The number of rotatable bonds is 5. The van der Waals surface area contributed by atoms with Crippen molar-refractivity contribution in [2.45, 2.75) is 13.5 Å². The summed E-state index contributed by atoms with van der Waals surface area (Å²) in [6.45, 7) is 6.56. The number of hydrogen-bond donors (Lipinski definition) is 0. The molecule has 0 spiro atoms. The predicted molar refractivity (Wildman–Crippen MR) is 98.7 cm³/mol. The number of benzene rings is 1. The smallest absolute Gasteiger partial charge is 0.307 e. The van der Waals surface area contributed by atoms with E-state index in [1.54, 1.807) is 13.2 Å². The number of carbonyl (C=O) groups is 1. The highest BCUT2D eigenvalue weighted by atomic mass is 32.1. The molecule has 0 atom stereocenters. The Morgan fingerprint density at radius 1 is 1.20 bits per heavy atom. The van der Waals surface area contributed by atoms with Gasteiger partial charge in [-0.15, -0.1) is 0 Å². The lowest BCUT2D eigenvalue weighted by Gasteiger charge is -2.34. The van der Waals surface area contributed by atoms with Gasteiger partial charge in [0.05, 0.1) is 7.11 Å². The van der Waals surface area contributed by atoms with Gasteiger partial charge in [-0.1, -0.05) is 17.4 Å². The zero-order valence-corrected chi connectivity index (χ0v) is 15.4. The van der Waals surface area contributed by atoms with Crippen LogP contribution in [0, 0.1) is 6.92 Å². The van der Waals surface area contributed by atoms with Crippen LogP contribution in [0.4, 0.5) is 0 Å². The second-order valence-corrected chi connectivity index (χ2v) is 6.98. The van der Waals surface area contributed by atoms with Crippen molar-refractivity contribution in [1.29, 1.82) is 0 Å². The Labute approximate surface area is 151 Å². The van der Waals surface area contributed by atoms with Gasteiger partial charge in [-0.05, 0) is 25.1 Å². The summed E-state index contributed by atoms with van der Waals surface area (Å²) < 4.78 is 7.01. The van der Waals surface area contributed by atoms with Gasteiger partial charge in [0.25, 0.3) is 5.91 Å². The Kier molecular flexibility index (Phi) is 5.55. The molecule has 0 bridgehead atoms. The normalized spacial score (nSPS) is 15.4. The van der Waals surface area contributed by atoms with Gasteiger partial charge < -0.3 is 14.2 Å². The summed E-state index contributed by atoms with van der Waals surface area (Å²) in [7, 11) is 1.60. The van der Waals surface area contributed by atoms with Crippen LogP contribution in [0.3, 0.4) is 0 Å². The molecule has 25 heavy (non-hydrogen) atoms. The zero-order chi connectivity index (χ0) is 17.8. The molecule has 1 aliphatic heterocycles. The average Bonchev–Trinajstić information content (AvgIpc) is 2.97. The first kappa shape index (κ1) is 17.7. The highest BCUT2D eigenvalue weighted by Gasteiger charge is 2.22. The number of methoxy groups -OCH3 is 1. The third kappa shape index (κ3) is 4.11. The number of aryl methyl sites for hydroxylation is 1. The fourth-order valence-electron chi connectivity index (χ4n) is 3.03. The van der Waals surface area contributed by atoms with E-state index in [0.717, 1.165) is 25.3 Å². The number of piperazine rings is 1. The van der Waals surface area contributed by atoms with Crippen molar-refractivity contribution in [2.75, 3.05) is 39.8 Å². The predicted octanol–water partition coefficient (Wildman–Crippen LogP) is 1.68. The molecule has 1 aliphatic rings. The summed E-state index contributed by atoms with van der Waals surface area (Å²) in [5, 5.41) is 1.90. The van der Waals surface area contributed by atoms with Gasteiger partial charge >= 0.3 is 4.87 Å². The molecular formula is C18H23N3O3S. The van der Waals surface area contributed by atoms with Gasteiger partial charge in [0.2, 0.25) is 0 Å². The SMILES string of the molecule is COc1cccc(C(=O)N2CCN(CCn3c(C)csc3=O)CC2)c1. The molecule has 0 saturated carbocycles. The molecule has 0 aliphatic carbocycles. The zero-order valence-electron chi connectivity index (χ0n) is 14.6. The van der Waals surface area contributed by atoms with E-state index in [0.29, 0.717) is 30.9 Å². The van der Waals surface area contributed by atoms with Crippen LogP contribution in [0.15, 0.2) is 34.4 Å². The van der Waals surface area contributed by atoms with E-state index < -0.39 is 0 Å². The molecule has 3 rings (SSSR count). The van der Waals surface area contributed by atoms with E-state index in [2.05, 4.69) is 4.90 Å². The van der Waals surface area contributed by atoms with Crippen LogP contribution in [-0.4, -0.2) is 60.1 Å². The third-order valence-electron chi connectivity index (χ3n) is 4.59. The minimum atomic E-state index is 0.0449. The van der Waals surface area contributed by atoms with Crippen LogP contribution >= 0.6 is 11.3 Å². The van der Waals surface area contributed by atoms with Crippen molar-refractivity contribution < 1.29 is 9.53 Å². The van der Waals surface area contributed by atoms with Crippen molar-refractivity contribution >= 4 is 17.2 Å². The topological polar surface area (TPSA) is 54.8 Å². The van der Waals surface area contributed by atoms with Crippen molar-refractivity contribution in [3.05, 3.63) is 50.6 Å². The van der Waals surface area contributed by atoms with Gasteiger partial charge in [0.15, 0.2) is 0 Å². The number of aromatic nitrogens is 1. The van der Waals surface area contributed by atoms with Crippen LogP contribution in [0.5, 0.6) is 5.75 Å². The number of thiazole rings is 1. The maximum atomic E-state index is 12.6. The molecule has 1 saturated heterocycles. The Balaban J connectivity index is 1.53. The Morgan fingerprint density at radius 2 is 1.96 bits per heavy atom. The fourth-order valence-corrected chi connectivity index (χ4v) is 3.79. The van der Waals surface area contributed by atoms with Crippen LogP contribution in [0.1, 0.15) is 16.1 Å². The van der Waals surface area contributed by atoms with E-state index >= 15 is 0 Å². The highest BCUT2D eigenvalue weighted by molar-refractivity contribution is 7.07. The lowest BCUT2D eigenvalue weighted by Crippen LogP contribution is -2.49. The third-order valence-corrected chi connectivity index (χ3v) is 5.47. The Hall–Kier alpha value is -2.12. The van der Waals surface area contributed by atoms with E-state index in [1.165, 1.54) is 11.3 Å². The molecule has 6 nitrogen and oxygen atoms in total. The van der Waals surface area contributed by atoms with Crippen LogP contribution in [0.25, 0.3) is 0 Å². The first-order valence-electron chi connectivity index (χ1n) is 8.39. The van der Waals surface area contributed by atoms with Gasteiger partial charge in [-0.25, -0.2) is 0 Å². The van der Waals surface area contributed by atoms with Crippen molar-refractivity contribution in [2.24, 2.45) is 0 Å². The molecule has 134 valence electrons. The largest absolute Gasteiger partial charge is 0.497 e. The molecule has 1 aromatic carbocycles. The molecule has 0 radical (unpaired) electrons. The summed E-state index contributed by atoms with van der Waals surface area (Å²) in [6.07, 6.45) is 0. The highest BCUT2D eigenvalue weighted by Crippen LogP contribution is 2.15. The van der Waals surface area contributed by atoms with E-state index in [4.69, 9.17) is 4.74 Å². The quantitative estimate of drug-likeness (QED) is 0.813. The van der Waals surface area contributed by atoms with Gasteiger partial charge in [0, 0.05) is 55.9 Å². The molecular weight excluding hydrogens is 338 g/mol. The minimum Gasteiger partial charge on any atom is -0.497 e. The molecule has 2 heterocycles. The average molecular weight is 361 g/mol. The number of hydrogen-bond acceptors (Lipinski definition) is 5. The summed E-state index contributed by atoms with van der Waals surface area (Å²) in [6, 6.07) is 7.27. The first-order chi connectivity index (χ1) is 12.1. The summed E-state index contributed by atoms with van der Waals surface area (Å²) in [5.74, 6) is 0.740. The van der Waals surface area contributed by atoms with Gasteiger partial charge in [-0.2, -0.15) is 0 Å². The standard InChI is InChI=1S/C18H23N3O3S/c1-14-13-25-18(23)21(14)11-8-19-6-9-20(10-7-19)17(22)15-4-3-5-16(12-15)24-2/h3-5,12-13H,6-11H2,1-2H3.